The highest BCUT2D eigenvalue weighted by atomic mass is 16.3. The Morgan fingerprint density at radius 2 is 1.61 bits per heavy atom. The van der Waals surface area contributed by atoms with Crippen molar-refractivity contribution in [2.45, 2.75) is 25.9 Å². The number of nitrogens with zero attached hydrogens (tertiary/aromatic N) is 3. The highest BCUT2D eigenvalue weighted by Gasteiger charge is 2.21. The number of hydrogen-bond acceptors (Lipinski definition) is 5. The number of rotatable bonds is 9. The predicted octanol–water partition coefficient (Wildman–Crippen LogP) is 6.67. The van der Waals surface area contributed by atoms with Gasteiger partial charge in [-0.25, -0.2) is 4.99 Å². The molecule has 2 heterocycles. The van der Waals surface area contributed by atoms with Gasteiger partial charge in [-0.3, -0.25) is 9.69 Å². The number of piperazine rings is 1. The van der Waals surface area contributed by atoms with Crippen LogP contribution in [-0.2, 0) is 6.54 Å². The van der Waals surface area contributed by atoms with Crippen molar-refractivity contribution < 1.29 is 9.90 Å². The van der Waals surface area contributed by atoms with Crippen molar-refractivity contribution in [3.8, 4) is 5.88 Å². The first kappa shape index (κ1) is 29.4. The number of hydrogen-bond donors (Lipinski definition) is 3. The van der Waals surface area contributed by atoms with Crippen molar-refractivity contribution in [2.24, 2.45) is 4.99 Å². The SMILES string of the molecule is CC[C@@H](NC(=O)c1ccc2[nH]c(O)c(C(=Nc3cccc(CN4CCN(C)CC4)c3)c3ccccc3)c2c1)c1ccccc1. The Bertz CT molecular complexity index is 1760. The summed E-state index contributed by atoms with van der Waals surface area (Å²) in [6.07, 6.45) is 0.771. The number of benzene rings is 4. The molecule has 3 N–H and O–H groups in total. The quantitative estimate of drug-likeness (QED) is 0.169. The third-order valence-electron chi connectivity index (χ3n) is 8.39. The van der Waals surface area contributed by atoms with Gasteiger partial charge in [0.15, 0.2) is 5.88 Å². The average molecular weight is 586 g/mol. The Kier molecular flexibility index (Phi) is 8.86. The van der Waals surface area contributed by atoms with Crippen LogP contribution in [-0.4, -0.2) is 64.7 Å². The number of aliphatic imine (C=N–C) groups is 1. The summed E-state index contributed by atoms with van der Waals surface area (Å²) in [5, 5.41) is 15.2. The van der Waals surface area contributed by atoms with Crippen molar-refractivity contribution >= 4 is 28.2 Å². The number of likely N-dealkylation sites (N-methyl/N-ethyl adjacent to an activating group) is 1. The van der Waals surface area contributed by atoms with Gasteiger partial charge in [0.2, 0.25) is 0 Å². The summed E-state index contributed by atoms with van der Waals surface area (Å²) in [7, 11) is 2.17. The monoisotopic (exact) mass is 585 g/mol. The molecule has 4 aromatic carbocycles. The minimum absolute atomic E-state index is 0.0180. The fraction of sp³-hybridized carbons (Fsp3) is 0.243. The molecule has 1 fully saturated rings. The van der Waals surface area contributed by atoms with E-state index < -0.39 is 0 Å². The first-order valence-electron chi connectivity index (χ1n) is 15.3. The highest BCUT2D eigenvalue weighted by molar-refractivity contribution is 6.22. The first-order valence-corrected chi connectivity index (χ1v) is 15.3. The third kappa shape index (κ3) is 6.59. The lowest BCUT2D eigenvalue weighted by atomic mass is 9.99. The molecule has 44 heavy (non-hydrogen) atoms. The van der Waals surface area contributed by atoms with Gasteiger partial charge in [-0.2, -0.15) is 0 Å². The van der Waals surface area contributed by atoms with Gasteiger partial charge in [0, 0.05) is 54.8 Å². The van der Waals surface area contributed by atoms with Crippen LogP contribution < -0.4 is 5.32 Å². The van der Waals surface area contributed by atoms with E-state index >= 15 is 0 Å². The Labute approximate surface area is 258 Å². The van der Waals surface area contributed by atoms with Crippen molar-refractivity contribution in [2.75, 3.05) is 33.2 Å². The Morgan fingerprint density at radius 1 is 0.886 bits per heavy atom. The summed E-state index contributed by atoms with van der Waals surface area (Å²) in [6, 6.07) is 33.6. The number of fused-ring (bicyclic) bond motifs is 1. The minimum Gasteiger partial charge on any atom is -0.494 e. The molecule has 0 radical (unpaired) electrons. The normalized spacial score (nSPS) is 15.4. The molecule has 1 aromatic heterocycles. The molecule has 0 saturated carbocycles. The van der Waals surface area contributed by atoms with Crippen LogP contribution in [0.5, 0.6) is 5.88 Å². The molecule has 0 bridgehead atoms. The first-order chi connectivity index (χ1) is 21.5. The number of H-pyrrole nitrogens is 1. The van der Waals surface area contributed by atoms with Gasteiger partial charge in [0.25, 0.3) is 5.91 Å². The van der Waals surface area contributed by atoms with Crippen LogP contribution in [0, 0.1) is 0 Å². The van der Waals surface area contributed by atoms with Gasteiger partial charge in [-0.15, -0.1) is 0 Å². The van der Waals surface area contributed by atoms with Crippen LogP contribution in [0.2, 0.25) is 0 Å². The zero-order chi connectivity index (χ0) is 30.5. The molecular weight excluding hydrogens is 546 g/mol. The maximum Gasteiger partial charge on any atom is 0.251 e. The topological polar surface area (TPSA) is 84.0 Å². The average Bonchev–Trinajstić information content (AvgIpc) is 3.39. The van der Waals surface area contributed by atoms with Crippen molar-refractivity contribution in [3.05, 3.63) is 131 Å². The van der Waals surface area contributed by atoms with E-state index in [0.29, 0.717) is 16.8 Å². The van der Waals surface area contributed by atoms with Gasteiger partial charge in [0.05, 0.1) is 23.0 Å². The molecule has 1 atom stereocenters. The van der Waals surface area contributed by atoms with E-state index in [1.807, 2.05) is 84.9 Å². The molecule has 7 heteroatoms. The second kappa shape index (κ2) is 13.3. The number of aromatic amines is 1. The van der Waals surface area contributed by atoms with E-state index in [1.165, 1.54) is 5.56 Å². The van der Waals surface area contributed by atoms with E-state index in [1.54, 1.807) is 6.07 Å². The van der Waals surface area contributed by atoms with E-state index in [2.05, 4.69) is 46.2 Å². The number of aromatic nitrogens is 1. The molecule has 1 aliphatic rings. The second-order valence-corrected chi connectivity index (χ2v) is 11.5. The van der Waals surface area contributed by atoms with E-state index in [0.717, 1.165) is 66.9 Å². The molecule has 0 aliphatic carbocycles. The number of aromatic hydroxyl groups is 1. The van der Waals surface area contributed by atoms with E-state index in [4.69, 9.17) is 4.99 Å². The van der Waals surface area contributed by atoms with Crippen molar-refractivity contribution in [3.63, 3.8) is 0 Å². The fourth-order valence-electron chi connectivity index (χ4n) is 5.89. The summed E-state index contributed by atoms with van der Waals surface area (Å²) in [5.74, 6) is -0.145. The molecular formula is C37H39N5O2. The molecule has 0 unspecified atom stereocenters. The lowest BCUT2D eigenvalue weighted by molar-refractivity contribution is 0.0935. The van der Waals surface area contributed by atoms with Crippen LogP contribution in [0.1, 0.15) is 52.0 Å². The Morgan fingerprint density at radius 3 is 2.34 bits per heavy atom. The van der Waals surface area contributed by atoms with Gasteiger partial charge >= 0.3 is 0 Å². The minimum atomic E-state index is -0.163. The molecule has 7 nitrogen and oxygen atoms in total. The van der Waals surface area contributed by atoms with Crippen LogP contribution >= 0.6 is 0 Å². The number of carbonyl (C=O) groups is 1. The van der Waals surface area contributed by atoms with Gasteiger partial charge in [-0.1, -0.05) is 79.7 Å². The summed E-state index contributed by atoms with van der Waals surface area (Å²) >= 11 is 0. The predicted molar refractivity (Wildman–Crippen MR) is 178 cm³/mol. The molecule has 1 saturated heterocycles. The molecule has 1 aliphatic heterocycles. The van der Waals surface area contributed by atoms with Gasteiger partial charge in [0.1, 0.15) is 0 Å². The van der Waals surface area contributed by atoms with Crippen LogP contribution in [0.15, 0.2) is 108 Å². The molecule has 1 amide bonds. The highest BCUT2D eigenvalue weighted by Crippen LogP contribution is 2.33. The third-order valence-corrected chi connectivity index (χ3v) is 8.39. The molecule has 224 valence electrons. The van der Waals surface area contributed by atoms with Crippen molar-refractivity contribution in [1.29, 1.82) is 0 Å². The lowest BCUT2D eigenvalue weighted by Crippen LogP contribution is -2.43. The van der Waals surface area contributed by atoms with Crippen molar-refractivity contribution in [1.82, 2.24) is 20.1 Å². The standard InChI is InChI=1S/C37H39N5O2/c1-3-32(27-12-6-4-7-13-27)39-36(43)29-17-18-33-31(24-29)34(37(44)40-33)35(28-14-8-5-9-15-28)38-30-16-10-11-26(23-30)25-42-21-19-41(2)20-22-42/h4-18,23-24,32,40,44H,3,19-22,25H2,1-2H3,(H,39,43)/t32-/m1/s1. The van der Waals surface area contributed by atoms with E-state index in [-0.39, 0.29) is 17.8 Å². The van der Waals surface area contributed by atoms with Gasteiger partial charge < -0.3 is 20.3 Å². The van der Waals surface area contributed by atoms with Crippen LogP contribution in [0.25, 0.3) is 10.9 Å². The Balaban J connectivity index is 1.36. The summed E-state index contributed by atoms with van der Waals surface area (Å²) in [5.41, 5.74) is 6.42. The number of nitrogens with one attached hydrogen (secondary N) is 2. The largest absolute Gasteiger partial charge is 0.494 e. The molecule has 6 rings (SSSR count). The summed E-state index contributed by atoms with van der Waals surface area (Å²) in [6.45, 7) is 7.16. The zero-order valence-corrected chi connectivity index (χ0v) is 25.3. The molecule has 0 spiro atoms. The maximum atomic E-state index is 13.5. The van der Waals surface area contributed by atoms with Gasteiger partial charge in [-0.05, 0) is 54.9 Å². The van der Waals surface area contributed by atoms with Crippen LogP contribution in [0.4, 0.5) is 5.69 Å². The Hall–Kier alpha value is -4.72. The van der Waals surface area contributed by atoms with Crippen LogP contribution in [0.3, 0.4) is 0 Å². The molecule has 5 aromatic rings. The summed E-state index contributed by atoms with van der Waals surface area (Å²) in [4.78, 5) is 26.6. The van der Waals surface area contributed by atoms with E-state index in [9.17, 15) is 9.90 Å². The lowest BCUT2D eigenvalue weighted by Gasteiger charge is -2.32. The zero-order valence-electron chi connectivity index (χ0n) is 25.3. The second-order valence-electron chi connectivity index (χ2n) is 11.5. The number of amides is 1. The maximum absolute atomic E-state index is 13.5. The number of carbonyl (C=O) groups excluding carboxylic acids is 1. The fourth-order valence-corrected chi connectivity index (χ4v) is 5.89. The smallest absolute Gasteiger partial charge is 0.251 e. The summed E-state index contributed by atoms with van der Waals surface area (Å²) < 4.78 is 0.